The van der Waals surface area contributed by atoms with Crippen molar-refractivity contribution in [3.05, 3.63) is 47.4 Å². The minimum absolute atomic E-state index is 0. The predicted octanol–water partition coefficient (Wildman–Crippen LogP) is -2.48. The monoisotopic (exact) mass is 271 g/mol. The van der Waals surface area contributed by atoms with E-state index in [1.807, 2.05) is 0 Å². The first-order chi connectivity index (χ1) is 8.14. The van der Waals surface area contributed by atoms with Crippen molar-refractivity contribution < 1.29 is 44.3 Å². The van der Waals surface area contributed by atoms with Crippen LogP contribution < -0.4 is 40.0 Å². The van der Waals surface area contributed by atoms with Gasteiger partial charge in [0, 0.05) is 12.0 Å². The number of carbonyl (C=O) groups excluding carboxylic acids is 2. The number of rotatable bonds is 3. The predicted molar refractivity (Wildman–Crippen MR) is 63.0 cm³/mol. The molecule has 1 amide bonds. The number of thioether (sulfide) groups is 1. The third kappa shape index (κ3) is 3.17. The van der Waals surface area contributed by atoms with E-state index < -0.39 is 16.7 Å². The molecule has 88 valence electrons. The third-order valence-electron chi connectivity index (χ3n) is 2.45. The van der Waals surface area contributed by atoms with E-state index in [0.29, 0.717) is 5.56 Å². The first-order valence-electron chi connectivity index (χ1n) is 5.06. The normalized spacial score (nSPS) is 21.1. The van der Waals surface area contributed by atoms with Gasteiger partial charge in [-0.05, 0) is 17.5 Å². The van der Waals surface area contributed by atoms with Gasteiger partial charge in [-0.15, -0.1) is 0 Å². The number of aliphatic carboxylic acids is 1. The van der Waals surface area contributed by atoms with Crippen molar-refractivity contribution in [1.82, 2.24) is 5.32 Å². The van der Waals surface area contributed by atoms with Gasteiger partial charge in [-0.3, -0.25) is 4.79 Å². The molecule has 18 heavy (non-hydrogen) atoms. The van der Waals surface area contributed by atoms with E-state index in [-0.39, 0.29) is 36.0 Å². The molecule has 2 rings (SSSR count). The topological polar surface area (TPSA) is 69.2 Å². The van der Waals surface area contributed by atoms with E-state index in [1.54, 1.807) is 41.8 Å². The Hall–Kier alpha value is -0.750. The number of carboxylic acid groups (broad SMARTS) is 1. The van der Waals surface area contributed by atoms with E-state index in [2.05, 4.69) is 5.32 Å². The Bertz CT molecular complexity index is 467. The summed E-state index contributed by atoms with van der Waals surface area (Å²) in [4.78, 5) is 21.6. The van der Waals surface area contributed by atoms with Crippen molar-refractivity contribution in [2.45, 2.75) is 11.3 Å². The first-order valence-corrected chi connectivity index (χ1v) is 5.94. The van der Waals surface area contributed by atoms with Gasteiger partial charge in [0.1, 0.15) is 4.87 Å². The van der Waals surface area contributed by atoms with Gasteiger partial charge in [0.05, 0.1) is 5.97 Å². The molecule has 0 saturated heterocycles. The molecule has 0 aliphatic carbocycles. The molecule has 1 heterocycles. The van der Waals surface area contributed by atoms with Crippen molar-refractivity contribution in [2.24, 2.45) is 0 Å². The van der Waals surface area contributed by atoms with Gasteiger partial charge in [-0.1, -0.05) is 36.0 Å². The van der Waals surface area contributed by atoms with Crippen LogP contribution in [0.3, 0.4) is 0 Å². The Morgan fingerprint density at radius 3 is 2.44 bits per heavy atom. The van der Waals surface area contributed by atoms with Gasteiger partial charge in [0.2, 0.25) is 0 Å². The molecule has 1 atom stereocenters. The van der Waals surface area contributed by atoms with Crippen LogP contribution in [0.2, 0.25) is 0 Å². The van der Waals surface area contributed by atoms with Crippen LogP contribution in [0, 0.1) is 0 Å². The number of hydrogen-bond acceptors (Lipinski definition) is 4. The van der Waals surface area contributed by atoms with Crippen LogP contribution in [-0.2, 0) is 4.79 Å². The Labute approximate surface area is 131 Å². The van der Waals surface area contributed by atoms with Crippen molar-refractivity contribution in [1.29, 1.82) is 0 Å². The van der Waals surface area contributed by atoms with Gasteiger partial charge in [-0.2, -0.15) is 0 Å². The third-order valence-corrected chi connectivity index (χ3v) is 3.62. The molecule has 0 spiro atoms. The summed E-state index contributed by atoms with van der Waals surface area (Å²) < 4.78 is 0. The second-order valence-electron chi connectivity index (χ2n) is 3.63. The van der Waals surface area contributed by atoms with Crippen molar-refractivity contribution in [3.63, 3.8) is 0 Å². The fraction of sp³-hybridized carbons (Fsp3) is 0.167. The molecule has 1 aromatic carbocycles. The average molecular weight is 271 g/mol. The molecule has 1 aliphatic rings. The molecule has 1 N–H and O–H groups in total. The molecular weight excluding hydrogens is 261 g/mol. The summed E-state index contributed by atoms with van der Waals surface area (Å²) in [5, 5.41) is 15.3. The average Bonchev–Trinajstić information content (AvgIpc) is 2.80. The summed E-state index contributed by atoms with van der Waals surface area (Å²) >= 11 is 1.05. The number of carbonyl (C=O) groups is 2. The molecule has 0 radical (unpaired) electrons. The van der Waals surface area contributed by atoms with Gasteiger partial charge in [-0.25, -0.2) is 0 Å². The Morgan fingerprint density at radius 1 is 1.28 bits per heavy atom. The first kappa shape index (κ1) is 15.3. The Kier molecular flexibility index (Phi) is 5.47. The number of benzene rings is 1. The number of hydrogen-bond donors (Lipinski definition) is 1. The van der Waals surface area contributed by atoms with Crippen molar-refractivity contribution in [3.8, 4) is 0 Å². The summed E-state index contributed by atoms with van der Waals surface area (Å²) in [5.74, 6) is -1.69. The molecule has 1 aromatic rings. The van der Waals surface area contributed by atoms with Gasteiger partial charge < -0.3 is 15.2 Å². The van der Waals surface area contributed by atoms with Gasteiger partial charge in [0.15, 0.2) is 0 Å². The molecule has 0 bridgehead atoms. The molecular formula is C12H10NNaO3S. The fourth-order valence-corrected chi connectivity index (χ4v) is 2.40. The van der Waals surface area contributed by atoms with E-state index in [0.717, 1.165) is 11.8 Å². The fourth-order valence-electron chi connectivity index (χ4n) is 1.53. The zero-order valence-electron chi connectivity index (χ0n) is 9.88. The summed E-state index contributed by atoms with van der Waals surface area (Å²) in [6, 6.07) is 8.50. The second kappa shape index (κ2) is 6.43. The molecule has 1 unspecified atom stereocenters. The van der Waals surface area contributed by atoms with E-state index in [4.69, 9.17) is 0 Å². The zero-order chi connectivity index (χ0) is 12.3. The van der Waals surface area contributed by atoms with Crippen molar-refractivity contribution in [2.75, 3.05) is 0 Å². The maximum Gasteiger partial charge on any atom is 1.00 e. The minimum Gasteiger partial charge on any atom is -0.547 e. The van der Waals surface area contributed by atoms with Crippen LogP contribution in [-0.4, -0.2) is 16.7 Å². The number of amides is 1. The van der Waals surface area contributed by atoms with Gasteiger partial charge >= 0.3 is 29.6 Å². The van der Waals surface area contributed by atoms with Crippen LogP contribution in [0.25, 0.3) is 0 Å². The molecule has 0 aromatic heterocycles. The van der Waals surface area contributed by atoms with Crippen LogP contribution in [0.1, 0.15) is 16.8 Å². The summed E-state index contributed by atoms with van der Waals surface area (Å²) in [6.45, 7) is 0. The van der Waals surface area contributed by atoms with Gasteiger partial charge in [0.25, 0.3) is 5.91 Å². The summed E-state index contributed by atoms with van der Waals surface area (Å²) in [7, 11) is 0. The number of carboxylic acids is 1. The Morgan fingerprint density at radius 2 is 1.94 bits per heavy atom. The van der Waals surface area contributed by atoms with E-state index in [9.17, 15) is 14.7 Å². The van der Waals surface area contributed by atoms with Crippen LogP contribution >= 0.6 is 11.8 Å². The smallest absolute Gasteiger partial charge is 0.547 e. The molecule has 6 heteroatoms. The van der Waals surface area contributed by atoms with Crippen LogP contribution in [0.15, 0.2) is 41.8 Å². The number of nitrogens with one attached hydrogen (secondary N) is 1. The van der Waals surface area contributed by atoms with Crippen LogP contribution in [0.4, 0.5) is 0 Å². The molecule has 4 nitrogen and oxygen atoms in total. The largest absolute Gasteiger partial charge is 1.00 e. The second-order valence-corrected chi connectivity index (χ2v) is 4.83. The summed E-state index contributed by atoms with van der Waals surface area (Å²) in [6.07, 6.45) is 1.93. The molecule has 0 fully saturated rings. The summed E-state index contributed by atoms with van der Waals surface area (Å²) in [5.41, 5.74) is 0.431. The maximum absolute atomic E-state index is 11.9. The SMILES string of the molecule is O=C(NC1(C(=O)[O-])CC=CS1)c1ccccc1.[Na+]. The van der Waals surface area contributed by atoms with E-state index >= 15 is 0 Å². The maximum atomic E-state index is 11.9. The standard InChI is InChI=1S/C12H11NO3S.Na/c14-10(9-5-2-1-3-6-9)13-12(11(15)16)7-4-8-17-12;/h1-6,8H,7H2,(H,13,14)(H,15,16);/q;+1/p-1. The van der Waals surface area contributed by atoms with Crippen molar-refractivity contribution >= 4 is 23.6 Å². The zero-order valence-corrected chi connectivity index (χ0v) is 12.7. The minimum atomic E-state index is -1.37. The quantitative estimate of drug-likeness (QED) is 0.618. The Balaban J connectivity index is 0.00000162. The molecule has 0 saturated carbocycles. The van der Waals surface area contributed by atoms with E-state index in [1.165, 1.54) is 0 Å². The van der Waals surface area contributed by atoms with Crippen LogP contribution in [0.5, 0.6) is 0 Å². The molecule has 1 aliphatic heterocycles.